The Labute approximate surface area is 120 Å². The highest BCUT2D eigenvalue weighted by molar-refractivity contribution is 7.92. The van der Waals surface area contributed by atoms with Crippen molar-refractivity contribution in [3.05, 3.63) is 34.3 Å². The van der Waals surface area contributed by atoms with E-state index in [4.69, 9.17) is 17.3 Å². The van der Waals surface area contributed by atoms with Gasteiger partial charge in [-0.05, 0) is 43.4 Å². The summed E-state index contributed by atoms with van der Waals surface area (Å²) in [5.74, 6) is 0.271. The monoisotopic (exact) mass is 301 g/mol. The summed E-state index contributed by atoms with van der Waals surface area (Å²) in [6, 6.07) is 5.43. The second kappa shape index (κ2) is 5.81. The first-order valence-corrected chi connectivity index (χ1v) is 8.71. The lowest BCUT2D eigenvalue weighted by atomic mass is 9.99. The van der Waals surface area contributed by atoms with Gasteiger partial charge in [0.2, 0.25) is 0 Å². The summed E-state index contributed by atoms with van der Waals surface area (Å²) >= 11 is 6.18. The summed E-state index contributed by atoms with van der Waals surface area (Å²) in [6.45, 7) is 1.97. The molecule has 1 aromatic carbocycles. The van der Waals surface area contributed by atoms with E-state index in [0.717, 1.165) is 24.0 Å². The van der Waals surface area contributed by atoms with Gasteiger partial charge in [-0.1, -0.05) is 30.2 Å². The van der Waals surface area contributed by atoms with Crippen molar-refractivity contribution in [3.8, 4) is 0 Å². The third kappa shape index (κ3) is 3.50. The van der Waals surface area contributed by atoms with E-state index in [9.17, 15) is 8.42 Å². The molecular weight excluding hydrogens is 282 g/mol. The maximum atomic E-state index is 12.0. The first-order chi connectivity index (χ1) is 8.90. The van der Waals surface area contributed by atoms with Crippen LogP contribution in [0.4, 0.5) is 0 Å². The molecule has 1 aromatic rings. The van der Waals surface area contributed by atoms with Crippen LogP contribution in [0.2, 0.25) is 5.02 Å². The second-order valence-corrected chi connectivity index (χ2v) is 8.11. The lowest BCUT2D eigenvalue weighted by Crippen LogP contribution is -2.44. The first-order valence-electron chi connectivity index (χ1n) is 6.62. The zero-order chi connectivity index (χ0) is 14.0. The highest BCUT2D eigenvalue weighted by Gasteiger charge is 2.33. The molecule has 0 spiro atoms. The molecule has 0 amide bonds. The Morgan fingerprint density at radius 3 is 2.79 bits per heavy atom. The van der Waals surface area contributed by atoms with Gasteiger partial charge in [-0.3, -0.25) is 0 Å². The van der Waals surface area contributed by atoms with E-state index in [1.54, 1.807) is 0 Å². The Bertz CT molecular complexity index is 557. The van der Waals surface area contributed by atoms with E-state index in [2.05, 4.69) is 0 Å². The summed E-state index contributed by atoms with van der Waals surface area (Å²) in [4.78, 5) is 0. The summed E-state index contributed by atoms with van der Waals surface area (Å²) in [7, 11) is -3.03. The van der Waals surface area contributed by atoms with Crippen molar-refractivity contribution in [1.29, 1.82) is 0 Å². The number of sulfone groups is 1. The molecule has 2 N–H and O–H groups in total. The summed E-state index contributed by atoms with van der Waals surface area (Å²) in [6.07, 6.45) is 2.89. The molecule has 2 atom stereocenters. The second-order valence-electron chi connectivity index (χ2n) is 5.36. The molecule has 1 fully saturated rings. The minimum atomic E-state index is -3.03. The molecule has 0 bridgehead atoms. The quantitative estimate of drug-likeness (QED) is 0.933. The van der Waals surface area contributed by atoms with Crippen LogP contribution in [0.1, 0.15) is 30.4 Å². The standard InChI is InChI=1S/C14H20ClNO2S/c1-10-5-6-11(12(15)8-10)9-13(16)14-4-2-3-7-19(14,17)18/h5-6,8,13-14H,2-4,7,9,16H2,1H3. The summed E-state index contributed by atoms with van der Waals surface area (Å²) in [5, 5.41) is 0.252. The SMILES string of the molecule is Cc1ccc(CC(N)C2CCCCS2(=O)=O)c(Cl)c1. The molecule has 2 unspecified atom stereocenters. The van der Waals surface area contributed by atoms with Gasteiger partial charge in [-0.15, -0.1) is 0 Å². The Morgan fingerprint density at radius 1 is 1.42 bits per heavy atom. The molecule has 0 aromatic heterocycles. The zero-order valence-electron chi connectivity index (χ0n) is 11.1. The molecule has 19 heavy (non-hydrogen) atoms. The van der Waals surface area contributed by atoms with Gasteiger partial charge in [0.15, 0.2) is 9.84 Å². The van der Waals surface area contributed by atoms with Gasteiger partial charge >= 0.3 is 0 Å². The molecule has 106 valence electrons. The van der Waals surface area contributed by atoms with E-state index >= 15 is 0 Å². The maximum Gasteiger partial charge on any atom is 0.154 e. The average Bonchev–Trinajstić information content (AvgIpc) is 2.32. The molecule has 1 aliphatic heterocycles. The number of hydrogen-bond donors (Lipinski definition) is 1. The largest absolute Gasteiger partial charge is 0.326 e. The van der Waals surface area contributed by atoms with Crippen molar-refractivity contribution in [1.82, 2.24) is 0 Å². The van der Waals surface area contributed by atoms with E-state index in [0.29, 0.717) is 17.9 Å². The molecule has 2 rings (SSSR count). The number of hydrogen-bond acceptors (Lipinski definition) is 3. The fourth-order valence-corrected chi connectivity index (χ4v) is 5.04. The molecule has 1 saturated heterocycles. The molecule has 0 aliphatic carbocycles. The van der Waals surface area contributed by atoms with E-state index < -0.39 is 15.1 Å². The number of halogens is 1. The molecule has 1 aliphatic rings. The Kier molecular flexibility index (Phi) is 4.54. The van der Waals surface area contributed by atoms with Crippen molar-refractivity contribution < 1.29 is 8.42 Å². The molecular formula is C14H20ClNO2S. The van der Waals surface area contributed by atoms with Crippen LogP contribution in [0, 0.1) is 6.92 Å². The molecule has 3 nitrogen and oxygen atoms in total. The van der Waals surface area contributed by atoms with E-state index in [1.165, 1.54) is 0 Å². The Balaban J connectivity index is 2.14. The van der Waals surface area contributed by atoms with Crippen molar-refractivity contribution in [3.63, 3.8) is 0 Å². The van der Waals surface area contributed by atoms with Gasteiger partial charge in [-0.25, -0.2) is 8.42 Å². The lowest BCUT2D eigenvalue weighted by Gasteiger charge is -2.27. The zero-order valence-corrected chi connectivity index (χ0v) is 12.7. The topological polar surface area (TPSA) is 60.2 Å². The first kappa shape index (κ1) is 14.8. The van der Waals surface area contributed by atoms with E-state index in [1.807, 2.05) is 25.1 Å². The van der Waals surface area contributed by atoms with Gasteiger partial charge in [0, 0.05) is 11.1 Å². The highest BCUT2D eigenvalue weighted by atomic mass is 35.5. The Hall–Kier alpha value is -0.580. The minimum absolute atomic E-state index is 0.271. The average molecular weight is 302 g/mol. The summed E-state index contributed by atoms with van der Waals surface area (Å²) in [5.41, 5.74) is 8.15. The minimum Gasteiger partial charge on any atom is -0.326 e. The molecule has 5 heteroatoms. The smallest absolute Gasteiger partial charge is 0.154 e. The van der Waals surface area contributed by atoms with Crippen LogP contribution in [0.5, 0.6) is 0 Å². The van der Waals surface area contributed by atoms with Crippen molar-refractivity contribution in [2.24, 2.45) is 5.73 Å². The number of rotatable bonds is 3. The number of nitrogens with two attached hydrogens (primary N) is 1. The Morgan fingerprint density at radius 2 is 2.16 bits per heavy atom. The van der Waals surface area contributed by atoms with Crippen LogP contribution in [0.25, 0.3) is 0 Å². The fraction of sp³-hybridized carbons (Fsp3) is 0.571. The van der Waals surface area contributed by atoms with E-state index in [-0.39, 0.29) is 11.8 Å². The lowest BCUT2D eigenvalue weighted by molar-refractivity contribution is 0.495. The van der Waals surface area contributed by atoms with Crippen molar-refractivity contribution in [2.75, 3.05) is 5.75 Å². The number of aryl methyl sites for hydroxylation is 1. The third-order valence-electron chi connectivity index (χ3n) is 3.77. The van der Waals surface area contributed by atoms with Crippen molar-refractivity contribution in [2.45, 2.75) is 43.9 Å². The third-order valence-corrected chi connectivity index (χ3v) is 6.49. The van der Waals surface area contributed by atoms with Gasteiger partial charge in [0.05, 0.1) is 11.0 Å². The summed E-state index contributed by atoms with van der Waals surface area (Å²) < 4.78 is 24.1. The predicted molar refractivity (Wildman–Crippen MR) is 79.3 cm³/mol. The normalized spacial score (nSPS) is 24.1. The van der Waals surface area contributed by atoms with Crippen LogP contribution in [0.3, 0.4) is 0 Å². The maximum absolute atomic E-state index is 12.0. The van der Waals surface area contributed by atoms with Gasteiger partial charge < -0.3 is 5.73 Å². The van der Waals surface area contributed by atoms with Gasteiger partial charge in [0.1, 0.15) is 0 Å². The van der Waals surface area contributed by atoms with Crippen LogP contribution < -0.4 is 5.73 Å². The van der Waals surface area contributed by atoms with Gasteiger partial charge in [-0.2, -0.15) is 0 Å². The fourth-order valence-electron chi connectivity index (χ4n) is 2.66. The van der Waals surface area contributed by atoms with Gasteiger partial charge in [0.25, 0.3) is 0 Å². The van der Waals surface area contributed by atoms with Crippen LogP contribution in [-0.4, -0.2) is 25.5 Å². The number of benzene rings is 1. The highest BCUT2D eigenvalue weighted by Crippen LogP contribution is 2.25. The molecule has 0 radical (unpaired) electrons. The van der Waals surface area contributed by atoms with Crippen LogP contribution in [0.15, 0.2) is 18.2 Å². The van der Waals surface area contributed by atoms with Crippen molar-refractivity contribution >= 4 is 21.4 Å². The molecule has 1 heterocycles. The van der Waals surface area contributed by atoms with Crippen LogP contribution in [-0.2, 0) is 16.3 Å². The predicted octanol–water partition coefficient (Wildman–Crippen LogP) is 2.49. The van der Waals surface area contributed by atoms with Crippen LogP contribution >= 0.6 is 11.6 Å². The molecule has 0 saturated carbocycles.